The number of aliphatic carboxylic acids is 1. The van der Waals surface area contributed by atoms with Gasteiger partial charge in [-0.3, -0.25) is 4.79 Å². The highest BCUT2D eigenvalue weighted by Crippen LogP contribution is 2.32. The van der Waals surface area contributed by atoms with Crippen LogP contribution in [0.25, 0.3) is 10.2 Å². The van der Waals surface area contributed by atoms with Gasteiger partial charge in [-0.2, -0.15) is 0 Å². The summed E-state index contributed by atoms with van der Waals surface area (Å²) in [5.41, 5.74) is 2.76. The number of carbonyl (C=O) groups excluding carboxylic acids is 1. The zero-order valence-corrected chi connectivity index (χ0v) is 12.3. The molecule has 0 saturated carbocycles. The van der Waals surface area contributed by atoms with Crippen LogP contribution in [0.3, 0.4) is 0 Å². The van der Waals surface area contributed by atoms with Crippen LogP contribution in [0.5, 0.6) is 0 Å². The second-order valence-electron chi connectivity index (χ2n) is 4.13. The lowest BCUT2D eigenvalue weighted by Gasteiger charge is -2.09. The number of thiazole rings is 1. The number of fused-ring (bicyclic) bond motifs is 1. The van der Waals surface area contributed by atoms with E-state index in [1.54, 1.807) is 11.6 Å². The highest BCUT2D eigenvalue weighted by molar-refractivity contribution is 7.16. The lowest BCUT2D eigenvalue weighted by atomic mass is 10.1. The van der Waals surface area contributed by atoms with Gasteiger partial charge < -0.3 is 10.4 Å². The summed E-state index contributed by atoms with van der Waals surface area (Å²) < 4.78 is 0.890. The van der Waals surface area contributed by atoms with Gasteiger partial charge in [-0.15, -0.1) is 11.3 Å². The number of carboxylic acids is 1. The second-order valence-corrected chi connectivity index (χ2v) is 5.42. The molecule has 5 nitrogen and oxygen atoms in total. The van der Waals surface area contributed by atoms with Crippen molar-refractivity contribution in [3.05, 3.63) is 33.8 Å². The molecule has 20 heavy (non-hydrogen) atoms. The first kappa shape index (κ1) is 14.5. The van der Waals surface area contributed by atoms with Crippen LogP contribution in [0.2, 0.25) is 5.02 Å². The molecule has 0 aliphatic rings. The topological polar surface area (TPSA) is 79.3 Å². The molecule has 0 radical (unpaired) electrons. The Labute approximate surface area is 123 Å². The Hall–Kier alpha value is -1.92. The van der Waals surface area contributed by atoms with E-state index in [1.807, 2.05) is 6.07 Å². The SMILES string of the molecule is CC(C(=O)O)=C(C)C(=O)Nc1c(Cl)ccc2scnc12. The molecule has 7 heteroatoms. The van der Waals surface area contributed by atoms with Gasteiger partial charge in [-0.05, 0) is 26.0 Å². The normalized spacial score (nSPS) is 12.2. The standard InChI is InChI=1S/C13H11ClN2O3S/c1-6(7(2)13(18)19)12(17)16-10-8(14)3-4-9-11(10)15-5-20-9/h3-5H,1-2H3,(H,16,17)(H,18,19). The maximum atomic E-state index is 12.1. The molecule has 0 spiro atoms. The molecule has 1 aromatic carbocycles. The molecular weight excluding hydrogens is 300 g/mol. The Morgan fingerprint density at radius 2 is 2.00 bits per heavy atom. The highest BCUT2D eigenvalue weighted by atomic mass is 35.5. The third-order valence-corrected chi connectivity index (χ3v) is 4.02. The van der Waals surface area contributed by atoms with Gasteiger partial charge >= 0.3 is 5.97 Å². The molecule has 0 saturated heterocycles. The average molecular weight is 311 g/mol. The first-order chi connectivity index (χ1) is 9.41. The molecule has 1 aromatic heterocycles. The van der Waals surface area contributed by atoms with Gasteiger partial charge in [-0.25, -0.2) is 9.78 Å². The largest absolute Gasteiger partial charge is 0.478 e. The van der Waals surface area contributed by atoms with Crippen LogP contribution >= 0.6 is 22.9 Å². The van der Waals surface area contributed by atoms with E-state index >= 15 is 0 Å². The minimum absolute atomic E-state index is 0.0101. The number of amides is 1. The molecular formula is C13H11ClN2O3S. The fourth-order valence-electron chi connectivity index (χ4n) is 1.56. The third-order valence-electron chi connectivity index (χ3n) is 2.91. The Balaban J connectivity index is 2.40. The monoisotopic (exact) mass is 310 g/mol. The van der Waals surface area contributed by atoms with Crippen LogP contribution in [0, 0.1) is 0 Å². The molecule has 2 N–H and O–H groups in total. The van der Waals surface area contributed by atoms with Crippen molar-refractivity contribution >= 4 is 50.7 Å². The van der Waals surface area contributed by atoms with Gasteiger partial charge in [0.25, 0.3) is 5.91 Å². The van der Waals surface area contributed by atoms with Gasteiger partial charge in [0.05, 0.1) is 20.9 Å². The first-order valence-electron chi connectivity index (χ1n) is 5.65. The number of nitrogens with zero attached hydrogens (tertiary/aromatic N) is 1. The molecule has 104 valence electrons. The first-order valence-corrected chi connectivity index (χ1v) is 6.91. The third kappa shape index (κ3) is 2.66. The molecule has 0 aliphatic heterocycles. The quantitative estimate of drug-likeness (QED) is 0.852. The molecule has 1 heterocycles. The number of anilines is 1. The second kappa shape index (κ2) is 5.60. The molecule has 2 aromatic rings. The Kier molecular flexibility index (Phi) is 4.06. The van der Waals surface area contributed by atoms with Gasteiger partial charge in [-0.1, -0.05) is 11.6 Å². The van der Waals surface area contributed by atoms with Crippen LogP contribution in [-0.4, -0.2) is 22.0 Å². The van der Waals surface area contributed by atoms with Crippen molar-refractivity contribution in [3.8, 4) is 0 Å². The van der Waals surface area contributed by atoms with E-state index in [0.29, 0.717) is 16.2 Å². The van der Waals surface area contributed by atoms with E-state index in [0.717, 1.165) is 4.70 Å². The van der Waals surface area contributed by atoms with Gasteiger partial charge in [0.2, 0.25) is 0 Å². The molecule has 0 unspecified atom stereocenters. The van der Waals surface area contributed by atoms with Gasteiger partial charge in [0, 0.05) is 11.1 Å². The number of benzene rings is 1. The van der Waals surface area contributed by atoms with E-state index < -0.39 is 11.9 Å². The highest BCUT2D eigenvalue weighted by Gasteiger charge is 2.16. The fourth-order valence-corrected chi connectivity index (χ4v) is 2.45. The Bertz CT molecular complexity index is 736. The van der Waals surface area contributed by atoms with E-state index in [1.165, 1.54) is 25.2 Å². The summed E-state index contributed by atoms with van der Waals surface area (Å²) in [5.74, 6) is -1.64. The van der Waals surface area contributed by atoms with E-state index in [-0.39, 0.29) is 11.1 Å². The summed E-state index contributed by atoms with van der Waals surface area (Å²) in [6.07, 6.45) is 0. The van der Waals surface area contributed by atoms with Crippen LogP contribution < -0.4 is 5.32 Å². The molecule has 2 rings (SSSR count). The lowest BCUT2D eigenvalue weighted by molar-refractivity contribution is -0.133. The minimum atomic E-state index is -1.13. The van der Waals surface area contributed by atoms with Crippen LogP contribution in [-0.2, 0) is 9.59 Å². The summed E-state index contributed by atoms with van der Waals surface area (Å²) in [5, 5.41) is 11.9. The summed E-state index contributed by atoms with van der Waals surface area (Å²) >= 11 is 7.50. The van der Waals surface area contributed by atoms with Crippen molar-refractivity contribution in [1.82, 2.24) is 4.98 Å². The van der Waals surface area contributed by atoms with Crippen molar-refractivity contribution in [3.63, 3.8) is 0 Å². The summed E-state index contributed by atoms with van der Waals surface area (Å²) in [4.78, 5) is 27.1. The van der Waals surface area contributed by atoms with Gasteiger partial charge in [0.1, 0.15) is 5.52 Å². The maximum Gasteiger partial charge on any atom is 0.331 e. The zero-order chi connectivity index (χ0) is 14.9. The molecule has 1 amide bonds. The number of hydrogen-bond acceptors (Lipinski definition) is 4. The van der Waals surface area contributed by atoms with Gasteiger partial charge in [0.15, 0.2) is 0 Å². The molecule has 0 atom stereocenters. The molecule has 0 aliphatic carbocycles. The molecule has 0 bridgehead atoms. The smallest absolute Gasteiger partial charge is 0.331 e. The Morgan fingerprint density at radius 1 is 1.30 bits per heavy atom. The van der Waals surface area contributed by atoms with E-state index in [2.05, 4.69) is 10.3 Å². The zero-order valence-electron chi connectivity index (χ0n) is 10.7. The maximum absolute atomic E-state index is 12.1. The van der Waals surface area contributed by atoms with Crippen LogP contribution in [0.4, 0.5) is 5.69 Å². The minimum Gasteiger partial charge on any atom is -0.478 e. The van der Waals surface area contributed by atoms with Crippen LogP contribution in [0.1, 0.15) is 13.8 Å². The van der Waals surface area contributed by atoms with Crippen molar-refractivity contribution < 1.29 is 14.7 Å². The summed E-state index contributed by atoms with van der Waals surface area (Å²) in [6.45, 7) is 2.83. The fraction of sp³-hybridized carbons (Fsp3) is 0.154. The summed E-state index contributed by atoms with van der Waals surface area (Å²) in [6, 6.07) is 3.48. The predicted octanol–water partition coefficient (Wildman–Crippen LogP) is 3.31. The summed E-state index contributed by atoms with van der Waals surface area (Å²) in [7, 11) is 0. The number of nitrogens with one attached hydrogen (secondary N) is 1. The average Bonchev–Trinajstić information content (AvgIpc) is 2.88. The van der Waals surface area contributed by atoms with Crippen molar-refractivity contribution in [1.29, 1.82) is 0 Å². The number of carbonyl (C=O) groups is 2. The van der Waals surface area contributed by atoms with Crippen molar-refractivity contribution in [2.75, 3.05) is 5.32 Å². The number of hydrogen-bond donors (Lipinski definition) is 2. The number of halogens is 1. The van der Waals surface area contributed by atoms with Crippen molar-refractivity contribution in [2.45, 2.75) is 13.8 Å². The predicted molar refractivity (Wildman–Crippen MR) is 79.3 cm³/mol. The molecule has 0 fully saturated rings. The van der Waals surface area contributed by atoms with E-state index in [4.69, 9.17) is 16.7 Å². The lowest BCUT2D eigenvalue weighted by Crippen LogP contribution is -2.16. The number of aromatic nitrogens is 1. The Morgan fingerprint density at radius 3 is 2.65 bits per heavy atom. The van der Waals surface area contributed by atoms with E-state index in [9.17, 15) is 9.59 Å². The number of carboxylic acid groups (broad SMARTS) is 1. The van der Waals surface area contributed by atoms with Crippen LogP contribution in [0.15, 0.2) is 28.8 Å². The number of rotatable bonds is 3. The van der Waals surface area contributed by atoms with Crippen molar-refractivity contribution in [2.24, 2.45) is 0 Å².